The van der Waals surface area contributed by atoms with Crippen LogP contribution >= 0.6 is 0 Å². The Hall–Kier alpha value is -0.120. The summed E-state index contributed by atoms with van der Waals surface area (Å²) in [7, 11) is 0. The van der Waals surface area contributed by atoms with Crippen molar-refractivity contribution in [3.63, 3.8) is 0 Å². The van der Waals surface area contributed by atoms with E-state index < -0.39 is 0 Å². The molecule has 0 aromatic heterocycles. The largest absolute Gasteiger partial charge is 0.394 e. The van der Waals surface area contributed by atoms with Crippen LogP contribution in [0.5, 0.6) is 0 Å². The second kappa shape index (κ2) is 4.80. The van der Waals surface area contributed by atoms with Crippen molar-refractivity contribution in [2.24, 2.45) is 0 Å². The van der Waals surface area contributed by atoms with Gasteiger partial charge in [-0.15, -0.1) is 0 Å². The molecule has 0 aromatic rings. The summed E-state index contributed by atoms with van der Waals surface area (Å²) in [5.41, 5.74) is 0. The van der Waals surface area contributed by atoms with Gasteiger partial charge in [-0.05, 0) is 32.6 Å². The molecule has 0 amide bonds. The molecule has 72 valence electrons. The Morgan fingerprint density at radius 3 is 2.58 bits per heavy atom. The van der Waals surface area contributed by atoms with Crippen molar-refractivity contribution in [2.75, 3.05) is 6.61 Å². The fourth-order valence-corrected chi connectivity index (χ4v) is 1.55. The molecule has 2 N–H and O–H groups in total. The van der Waals surface area contributed by atoms with Crippen LogP contribution in [-0.4, -0.2) is 35.1 Å². The Kier molecular flexibility index (Phi) is 3.98. The zero-order valence-electron chi connectivity index (χ0n) is 7.57. The minimum Gasteiger partial charge on any atom is -0.394 e. The zero-order chi connectivity index (χ0) is 8.97. The maximum Gasteiger partial charge on any atom is 0.0810 e. The van der Waals surface area contributed by atoms with Gasteiger partial charge in [0.2, 0.25) is 0 Å². The highest BCUT2D eigenvalue weighted by molar-refractivity contribution is 4.73. The zero-order valence-corrected chi connectivity index (χ0v) is 7.57. The summed E-state index contributed by atoms with van der Waals surface area (Å²) in [6.07, 6.45) is 3.76. The minimum absolute atomic E-state index is 0.0454. The lowest BCUT2D eigenvalue weighted by Gasteiger charge is -2.12. The Balaban J connectivity index is 2.11. The third-order valence-electron chi connectivity index (χ3n) is 2.31. The first-order chi connectivity index (χ1) is 5.72. The molecule has 0 bridgehead atoms. The first-order valence-electron chi connectivity index (χ1n) is 4.66. The third-order valence-corrected chi connectivity index (χ3v) is 2.31. The molecule has 0 unspecified atom stereocenters. The summed E-state index contributed by atoms with van der Waals surface area (Å²) in [6, 6.07) is 0. The van der Waals surface area contributed by atoms with E-state index in [-0.39, 0.29) is 24.9 Å². The fraction of sp³-hybridized carbons (Fsp3) is 1.00. The maximum absolute atomic E-state index is 9.03. The van der Waals surface area contributed by atoms with Gasteiger partial charge in [0.05, 0.1) is 24.9 Å². The average molecular weight is 174 g/mol. The van der Waals surface area contributed by atoms with E-state index in [9.17, 15) is 0 Å². The standard InChI is InChI=1S/C9H18O3/c1-7(11)2-3-8-4-5-9(6-10)12-8/h7-11H,2-6H2,1H3/t7-,8+,9+/m0/s1. The van der Waals surface area contributed by atoms with Crippen LogP contribution in [0.25, 0.3) is 0 Å². The molecule has 1 saturated heterocycles. The smallest absolute Gasteiger partial charge is 0.0810 e. The van der Waals surface area contributed by atoms with Gasteiger partial charge in [-0.25, -0.2) is 0 Å². The van der Waals surface area contributed by atoms with Crippen molar-refractivity contribution in [1.82, 2.24) is 0 Å². The highest BCUT2D eigenvalue weighted by Crippen LogP contribution is 2.23. The molecule has 1 aliphatic rings. The van der Waals surface area contributed by atoms with Crippen molar-refractivity contribution in [1.29, 1.82) is 0 Å². The Labute approximate surface area is 73.4 Å². The predicted molar refractivity (Wildman–Crippen MR) is 45.9 cm³/mol. The number of hydrogen-bond acceptors (Lipinski definition) is 3. The highest BCUT2D eigenvalue weighted by Gasteiger charge is 2.24. The van der Waals surface area contributed by atoms with Crippen LogP contribution in [0.2, 0.25) is 0 Å². The number of ether oxygens (including phenoxy) is 1. The Morgan fingerprint density at radius 1 is 1.42 bits per heavy atom. The van der Waals surface area contributed by atoms with Crippen LogP contribution in [0.15, 0.2) is 0 Å². The van der Waals surface area contributed by atoms with Gasteiger partial charge in [0, 0.05) is 0 Å². The molecule has 0 aliphatic carbocycles. The molecule has 3 heteroatoms. The van der Waals surface area contributed by atoms with Crippen LogP contribution in [0.3, 0.4) is 0 Å². The molecule has 0 radical (unpaired) electrons. The van der Waals surface area contributed by atoms with Gasteiger partial charge in [0.15, 0.2) is 0 Å². The third kappa shape index (κ3) is 3.09. The number of aliphatic hydroxyl groups excluding tert-OH is 2. The van der Waals surface area contributed by atoms with Crippen LogP contribution in [-0.2, 0) is 4.74 Å². The first-order valence-corrected chi connectivity index (χ1v) is 4.66. The molecule has 1 rings (SSSR count). The molecular weight excluding hydrogens is 156 g/mol. The second-order valence-electron chi connectivity index (χ2n) is 3.57. The van der Waals surface area contributed by atoms with Crippen molar-refractivity contribution < 1.29 is 14.9 Å². The van der Waals surface area contributed by atoms with E-state index in [1.165, 1.54) is 0 Å². The van der Waals surface area contributed by atoms with E-state index >= 15 is 0 Å². The number of aliphatic hydroxyl groups is 2. The molecule has 3 nitrogen and oxygen atoms in total. The topological polar surface area (TPSA) is 49.7 Å². The van der Waals surface area contributed by atoms with Crippen LogP contribution < -0.4 is 0 Å². The van der Waals surface area contributed by atoms with E-state index in [1.807, 2.05) is 0 Å². The van der Waals surface area contributed by atoms with Crippen LogP contribution in [0, 0.1) is 0 Å². The average Bonchev–Trinajstić information content (AvgIpc) is 2.48. The molecule has 12 heavy (non-hydrogen) atoms. The fourth-order valence-electron chi connectivity index (χ4n) is 1.55. The summed E-state index contributed by atoms with van der Waals surface area (Å²) in [5.74, 6) is 0. The predicted octanol–water partition coefficient (Wildman–Crippen LogP) is 0.687. The summed E-state index contributed by atoms with van der Waals surface area (Å²) in [5, 5.41) is 17.8. The van der Waals surface area contributed by atoms with E-state index in [4.69, 9.17) is 14.9 Å². The van der Waals surface area contributed by atoms with Gasteiger partial charge in [-0.1, -0.05) is 0 Å². The summed E-state index contributed by atoms with van der Waals surface area (Å²) < 4.78 is 5.50. The molecule has 0 saturated carbocycles. The quantitative estimate of drug-likeness (QED) is 0.659. The molecular formula is C9H18O3. The number of rotatable bonds is 4. The maximum atomic E-state index is 9.03. The summed E-state index contributed by atoms with van der Waals surface area (Å²) in [4.78, 5) is 0. The SMILES string of the molecule is C[C@H](O)CC[C@@H]1CC[C@H](CO)O1. The van der Waals surface area contributed by atoms with Gasteiger partial charge >= 0.3 is 0 Å². The Bertz CT molecular complexity index is 125. The molecule has 1 aliphatic heterocycles. The van der Waals surface area contributed by atoms with Crippen molar-refractivity contribution in [3.8, 4) is 0 Å². The normalized spacial score (nSPS) is 32.2. The van der Waals surface area contributed by atoms with E-state index in [1.54, 1.807) is 6.92 Å². The summed E-state index contributed by atoms with van der Waals surface area (Å²) >= 11 is 0. The molecule has 3 atom stereocenters. The lowest BCUT2D eigenvalue weighted by Crippen LogP contribution is -2.15. The van der Waals surface area contributed by atoms with E-state index in [0.29, 0.717) is 0 Å². The van der Waals surface area contributed by atoms with Gasteiger partial charge in [0.25, 0.3) is 0 Å². The lowest BCUT2D eigenvalue weighted by molar-refractivity contribution is 0.00327. The molecule has 1 heterocycles. The van der Waals surface area contributed by atoms with Gasteiger partial charge in [-0.2, -0.15) is 0 Å². The van der Waals surface area contributed by atoms with E-state index in [0.717, 1.165) is 25.7 Å². The Morgan fingerprint density at radius 2 is 2.08 bits per heavy atom. The summed E-state index contributed by atoms with van der Waals surface area (Å²) in [6.45, 7) is 1.92. The van der Waals surface area contributed by atoms with Crippen LogP contribution in [0.1, 0.15) is 32.6 Å². The monoisotopic (exact) mass is 174 g/mol. The van der Waals surface area contributed by atoms with Gasteiger partial charge in [0.1, 0.15) is 0 Å². The van der Waals surface area contributed by atoms with Crippen molar-refractivity contribution in [2.45, 2.75) is 50.9 Å². The van der Waals surface area contributed by atoms with Crippen molar-refractivity contribution >= 4 is 0 Å². The number of hydrogen-bond donors (Lipinski definition) is 2. The molecule has 0 spiro atoms. The molecule has 1 fully saturated rings. The first kappa shape index (κ1) is 9.96. The van der Waals surface area contributed by atoms with E-state index in [2.05, 4.69) is 0 Å². The van der Waals surface area contributed by atoms with Crippen LogP contribution in [0.4, 0.5) is 0 Å². The van der Waals surface area contributed by atoms with Gasteiger partial charge < -0.3 is 14.9 Å². The minimum atomic E-state index is -0.234. The van der Waals surface area contributed by atoms with Crippen molar-refractivity contribution in [3.05, 3.63) is 0 Å². The molecule has 0 aromatic carbocycles. The lowest BCUT2D eigenvalue weighted by atomic mass is 10.1. The second-order valence-corrected chi connectivity index (χ2v) is 3.57. The van der Waals surface area contributed by atoms with Gasteiger partial charge in [-0.3, -0.25) is 0 Å². The highest BCUT2D eigenvalue weighted by atomic mass is 16.5.